The standard InChI is InChI=1S/C13H15F3N2/c1-2-11-9-17-6-7-18(11)12-5-3-4-10(8-12)13(14,15)16/h2-5,8,11,17H,1,6-7,9H2/t11-/m1/s1. The van der Waals surface area contributed by atoms with E-state index in [4.69, 9.17) is 0 Å². The molecule has 0 bridgehead atoms. The van der Waals surface area contributed by atoms with Gasteiger partial charge in [0.15, 0.2) is 0 Å². The third-order valence-electron chi connectivity index (χ3n) is 3.06. The van der Waals surface area contributed by atoms with Crippen LogP contribution in [0.4, 0.5) is 18.9 Å². The summed E-state index contributed by atoms with van der Waals surface area (Å²) in [6.45, 7) is 5.88. The molecule has 0 aliphatic carbocycles. The summed E-state index contributed by atoms with van der Waals surface area (Å²) >= 11 is 0. The Labute approximate surface area is 104 Å². The molecule has 0 unspecified atom stereocenters. The fourth-order valence-electron chi connectivity index (χ4n) is 2.12. The van der Waals surface area contributed by atoms with Gasteiger partial charge in [0.25, 0.3) is 0 Å². The van der Waals surface area contributed by atoms with Gasteiger partial charge < -0.3 is 10.2 Å². The van der Waals surface area contributed by atoms with Gasteiger partial charge in [-0.1, -0.05) is 12.1 Å². The molecule has 1 fully saturated rings. The summed E-state index contributed by atoms with van der Waals surface area (Å²) in [6.07, 6.45) is -2.54. The highest BCUT2D eigenvalue weighted by Gasteiger charge is 2.31. The molecular weight excluding hydrogens is 241 g/mol. The first-order valence-electron chi connectivity index (χ1n) is 5.79. The third kappa shape index (κ3) is 2.67. The van der Waals surface area contributed by atoms with Crippen LogP contribution in [-0.4, -0.2) is 25.7 Å². The summed E-state index contributed by atoms with van der Waals surface area (Å²) in [6, 6.07) is 5.47. The minimum Gasteiger partial charge on any atom is -0.363 e. The molecule has 1 aromatic carbocycles. The number of alkyl halides is 3. The molecule has 0 amide bonds. The number of hydrogen-bond acceptors (Lipinski definition) is 2. The lowest BCUT2D eigenvalue weighted by Crippen LogP contribution is -2.50. The molecule has 0 saturated carbocycles. The summed E-state index contributed by atoms with van der Waals surface area (Å²) in [5.41, 5.74) is -0.0161. The smallest absolute Gasteiger partial charge is 0.363 e. The fourth-order valence-corrected chi connectivity index (χ4v) is 2.12. The number of benzene rings is 1. The predicted octanol–water partition coefficient (Wildman–Crippen LogP) is 2.67. The van der Waals surface area contributed by atoms with Gasteiger partial charge in [-0.25, -0.2) is 0 Å². The highest BCUT2D eigenvalue weighted by molar-refractivity contribution is 5.51. The van der Waals surface area contributed by atoms with Gasteiger partial charge >= 0.3 is 6.18 Å². The first-order chi connectivity index (χ1) is 8.52. The van der Waals surface area contributed by atoms with E-state index in [2.05, 4.69) is 11.9 Å². The lowest BCUT2D eigenvalue weighted by Gasteiger charge is -2.36. The minimum absolute atomic E-state index is 0.0298. The second-order valence-corrected chi connectivity index (χ2v) is 4.25. The van der Waals surface area contributed by atoms with Crippen molar-refractivity contribution in [2.24, 2.45) is 0 Å². The molecular formula is C13H15F3N2. The first kappa shape index (κ1) is 13.0. The van der Waals surface area contributed by atoms with E-state index in [-0.39, 0.29) is 6.04 Å². The molecule has 1 saturated heterocycles. The van der Waals surface area contributed by atoms with Crippen LogP contribution in [0.15, 0.2) is 36.9 Å². The Morgan fingerprint density at radius 2 is 2.17 bits per heavy atom. The van der Waals surface area contributed by atoms with Crippen molar-refractivity contribution in [2.45, 2.75) is 12.2 Å². The van der Waals surface area contributed by atoms with Gasteiger partial charge in [0.1, 0.15) is 0 Å². The quantitative estimate of drug-likeness (QED) is 0.818. The van der Waals surface area contributed by atoms with Gasteiger partial charge in [0.2, 0.25) is 0 Å². The van der Waals surface area contributed by atoms with Crippen molar-refractivity contribution in [1.82, 2.24) is 5.32 Å². The number of nitrogens with one attached hydrogen (secondary N) is 1. The second kappa shape index (κ2) is 5.02. The molecule has 2 rings (SSSR count). The largest absolute Gasteiger partial charge is 0.416 e. The lowest BCUT2D eigenvalue weighted by atomic mass is 10.1. The number of halogens is 3. The van der Waals surface area contributed by atoms with Gasteiger partial charge in [-0.2, -0.15) is 13.2 Å². The Bertz CT molecular complexity index is 428. The number of piperazine rings is 1. The fraction of sp³-hybridized carbons (Fsp3) is 0.385. The normalized spacial score (nSPS) is 20.8. The summed E-state index contributed by atoms with van der Waals surface area (Å²) in [7, 11) is 0. The van der Waals surface area contributed by atoms with Crippen molar-refractivity contribution < 1.29 is 13.2 Å². The van der Waals surface area contributed by atoms with E-state index in [0.717, 1.165) is 12.6 Å². The van der Waals surface area contributed by atoms with Crippen LogP contribution >= 0.6 is 0 Å². The summed E-state index contributed by atoms with van der Waals surface area (Å²) in [5, 5.41) is 3.20. The van der Waals surface area contributed by atoms with E-state index in [1.54, 1.807) is 12.1 Å². The average molecular weight is 256 g/mol. The van der Waals surface area contributed by atoms with Crippen LogP contribution in [0.25, 0.3) is 0 Å². The van der Waals surface area contributed by atoms with Crippen molar-refractivity contribution in [3.05, 3.63) is 42.5 Å². The maximum Gasteiger partial charge on any atom is 0.416 e. The van der Waals surface area contributed by atoms with Crippen LogP contribution in [0, 0.1) is 0 Å². The maximum absolute atomic E-state index is 12.7. The van der Waals surface area contributed by atoms with E-state index in [1.807, 2.05) is 4.90 Å². The van der Waals surface area contributed by atoms with Gasteiger partial charge in [0.05, 0.1) is 11.6 Å². The number of anilines is 1. The zero-order chi connectivity index (χ0) is 13.2. The average Bonchev–Trinajstić information content (AvgIpc) is 2.38. The predicted molar refractivity (Wildman–Crippen MR) is 65.6 cm³/mol. The van der Waals surface area contributed by atoms with E-state index in [1.165, 1.54) is 12.1 Å². The van der Waals surface area contributed by atoms with Gasteiger partial charge in [-0.15, -0.1) is 6.58 Å². The molecule has 1 N–H and O–H groups in total. The van der Waals surface area contributed by atoms with Crippen LogP contribution in [0.1, 0.15) is 5.56 Å². The molecule has 1 aromatic rings. The summed E-state index contributed by atoms with van der Waals surface area (Å²) in [4.78, 5) is 1.94. The van der Waals surface area contributed by atoms with E-state index < -0.39 is 11.7 Å². The first-order valence-corrected chi connectivity index (χ1v) is 5.79. The third-order valence-corrected chi connectivity index (χ3v) is 3.06. The van der Waals surface area contributed by atoms with E-state index in [0.29, 0.717) is 18.8 Å². The van der Waals surface area contributed by atoms with Crippen LogP contribution in [0.3, 0.4) is 0 Å². The SMILES string of the molecule is C=C[C@@H]1CNCCN1c1cccc(C(F)(F)F)c1. The minimum atomic E-state index is -4.30. The molecule has 1 heterocycles. The van der Waals surface area contributed by atoms with Crippen LogP contribution < -0.4 is 10.2 Å². The maximum atomic E-state index is 12.7. The molecule has 5 heteroatoms. The molecule has 1 aliphatic rings. The molecule has 1 aliphatic heterocycles. The molecule has 0 radical (unpaired) electrons. The van der Waals surface area contributed by atoms with Crippen LogP contribution in [0.2, 0.25) is 0 Å². The highest BCUT2D eigenvalue weighted by atomic mass is 19.4. The second-order valence-electron chi connectivity index (χ2n) is 4.25. The van der Waals surface area contributed by atoms with Crippen molar-refractivity contribution in [1.29, 1.82) is 0 Å². The zero-order valence-electron chi connectivity index (χ0n) is 9.87. The number of hydrogen-bond donors (Lipinski definition) is 1. The number of rotatable bonds is 2. The van der Waals surface area contributed by atoms with E-state index >= 15 is 0 Å². The van der Waals surface area contributed by atoms with Crippen LogP contribution in [0.5, 0.6) is 0 Å². The van der Waals surface area contributed by atoms with Gasteiger partial charge in [-0.05, 0) is 18.2 Å². The van der Waals surface area contributed by atoms with Crippen molar-refractivity contribution >= 4 is 5.69 Å². The van der Waals surface area contributed by atoms with Gasteiger partial charge in [0, 0.05) is 25.3 Å². The van der Waals surface area contributed by atoms with E-state index in [9.17, 15) is 13.2 Å². The molecule has 2 nitrogen and oxygen atoms in total. The van der Waals surface area contributed by atoms with Gasteiger partial charge in [-0.3, -0.25) is 0 Å². The molecule has 18 heavy (non-hydrogen) atoms. The van der Waals surface area contributed by atoms with Crippen molar-refractivity contribution in [2.75, 3.05) is 24.5 Å². The Morgan fingerprint density at radius 3 is 2.83 bits per heavy atom. The highest BCUT2D eigenvalue weighted by Crippen LogP contribution is 2.32. The molecule has 98 valence electrons. The lowest BCUT2D eigenvalue weighted by molar-refractivity contribution is -0.137. The van der Waals surface area contributed by atoms with Crippen molar-refractivity contribution in [3.63, 3.8) is 0 Å². The molecule has 0 spiro atoms. The summed E-state index contributed by atoms with van der Waals surface area (Å²) in [5.74, 6) is 0. The van der Waals surface area contributed by atoms with Crippen LogP contribution in [-0.2, 0) is 6.18 Å². The zero-order valence-corrected chi connectivity index (χ0v) is 9.87. The Hall–Kier alpha value is -1.49. The monoisotopic (exact) mass is 256 g/mol. The Morgan fingerprint density at radius 1 is 1.39 bits per heavy atom. The van der Waals surface area contributed by atoms with Crippen molar-refractivity contribution in [3.8, 4) is 0 Å². The molecule has 1 atom stereocenters. The topological polar surface area (TPSA) is 15.3 Å². The molecule has 0 aromatic heterocycles. The Balaban J connectivity index is 2.29. The summed E-state index contributed by atoms with van der Waals surface area (Å²) < 4.78 is 38.0. The number of nitrogens with zero attached hydrogens (tertiary/aromatic N) is 1. The Kier molecular flexibility index (Phi) is 3.61.